The van der Waals surface area contributed by atoms with E-state index in [1.165, 1.54) is 0 Å². The van der Waals surface area contributed by atoms with E-state index < -0.39 is 5.97 Å². The van der Waals surface area contributed by atoms with Gasteiger partial charge in [0.2, 0.25) is 0 Å². The van der Waals surface area contributed by atoms with Crippen LogP contribution in [0.3, 0.4) is 0 Å². The van der Waals surface area contributed by atoms with Gasteiger partial charge in [-0.25, -0.2) is 0 Å². The van der Waals surface area contributed by atoms with Crippen molar-refractivity contribution in [2.75, 3.05) is 13.2 Å². The Bertz CT molecular complexity index is 382. The molecule has 1 rings (SSSR count). The van der Waals surface area contributed by atoms with Crippen molar-refractivity contribution in [2.45, 2.75) is 19.8 Å². The molecule has 18 heavy (non-hydrogen) atoms. The molecule has 0 aliphatic heterocycles. The summed E-state index contributed by atoms with van der Waals surface area (Å²) >= 11 is 0. The van der Waals surface area contributed by atoms with Gasteiger partial charge in [-0.2, -0.15) is 0 Å². The van der Waals surface area contributed by atoms with Gasteiger partial charge < -0.3 is 9.84 Å². The monoisotopic (exact) mass is 250 g/mol. The van der Waals surface area contributed by atoms with Crippen molar-refractivity contribution in [3.8, 4) is 0 Å². The number of rotatable bonds is 7. The standard InChI is InChI=1S/C14H18O4/c1-2-11(9-15)8-14(17)18-10-13(16)12-6-4-3-5-7-12/h3-7,11,15H,2,8-10H2,1H3/t11-/m1/s1. The Hall–Kier alpha value is -1.68. The van der Waals surface area contributed by atoms with E-state index in [1.807, 2.05) is 13.0 Å². The summed E-state index contributed by atoms with van der Waals surface area (Å²) in [4.78, 5) is 23.1. The molecule has 0 aliphatic rings. The fourth-order valence-electron chi connectivity index (χ4n) is 1.49. The summed E-state index contributed by atoms with van der Waals surface area (Å²) in [6, 6.07) is 8.69. The second kappa shape index (κ2) is 7.61. The maximum Gasteiger partial charge on any atom is 0.306 e. The molecule has 4 nitrogen and oxygen atoms in total. The van der Waals surface area contributed by atoms with E-state index in [9.17, 15) is 9.59 Å². The van der Waals surface area contributed by atoms with Gasteiger partial charge in [-0.3, -0.25) is 9.59 Å². The van der Waals surface area contributed by atoms with Gasteiger partial charge in [-0.05, 0) is 5.92 Å². The van der Waals surface area contributed by atoms with Crippen LogP contribution in [0.25, 0.3) is 0 Å². The van der Waals surface area contributed by atoms with Crippen molar-refractivity contribution >= 4 is 11.8 Å². The normalized spacial score (nSPS) is 11.9. The highest BCUT2D eigenvalue weighted by Crippen LogP contribution is 2.08. The van der Waals surface area contributed by atoms with Gasteiger partial charge in [0.05, 0.1) is 6.42 Å². The zero-order chi connectivity index (χ0) is 13.4. The molecular weight excluding hydrogens is 232 g/mol. The average molecular weight is 250 g/mol. The maximum atomic E-state index is 11.6. The predicted octanol–water partition coefficient (Wildman–Crippen LogP) is 1.82. The predicted molar refractivity (Wildman–Crippen MR) is 67.2 cm³/mol. The minimum atomic E-state index is -0.444. The lowest BCUT2D eigenvalue weighted by molar-refractivity contribution is -0.144. The topological polar surface area (TPSA) is 63.6 Å². The second-order valence-corrected chi connectivity index (χ2v) is 4.11. The second-order valence-electron chi connectivity index (χ2n) is 4.11. The molecule has 1 aromatic carbocycles. The molecular formula is C14H18O4. The molecule has 0 fully saturated rings. The van der Waals surface area contributed by atoms with E-state index in [-0.39, 0.29) is 31.3 Å². The quantitative estimate of drug-likeness (QED) is 0.592. The number of aliphatic hydroxyl groups is 1. The minimum Gasteiger partial charge on any atom is -0.457 e. The number of ketones is 1. The Labute approximate surface area is 107 Å². The third-order valence-electron chi connectivity index (χ3n) is 2.75. The van der Waals surface area contributed by atoms with Crippen molar-refractivity contribution < 1.29 is 19.4 Å². The highest BCUT2D eigenvalue weighted by Gasteiger charge is 2.14. The van der Waals surface area contributed by atoms with Crippen molar-refractivity contribution in [3.63, 3.8) is 0 Å². The number of aliphatic hydroxyl groups excluding tert-OH is 1. The first kappa shape index (κ1) is 14.4. The van der Waals surface area contributed by atoms with Crippen molar-refractivity contribution in [2.24, 2.45) is 5.92 Å². The molecule has 0 bridgehead atoms. The summed E-state index contributed by atoms with van der Waals surface area (Å²) in [5.41, 5.74) is 0.527. The van der Waals surface area contributed by atoms with Crippen LogP contribution in [-0.4, -0.2) is 30.1 Å². The van der Waals surface area contributed by atoms with Crippen LogP contribution >= 0.6 is 0 Å². The molecule has 0 aliphatic carbocycles. The number of esters is 1. The van der Waals surface area contributed by atoms with Crippen LogP contribution in [0.4, 0.5) is 0 Å². The molecule has 0 spiro atoms. The number of hydrogen-bond acceptors (Lipinski definition) is 4. The van der Waals surface area contributed by atoms with E-state index in [0.29, 0.717) is 12.0 Å². The van der Waals surface area contributed by atoms with Gasteiger partial charge in [0.15, 0.2) is 12.4 Å². The molecule has 0 amide bonds. The van der Waals surface area contributed by atoms with Crippen LogP contribution in [0, 0.1) is 5.92 Å². The van der Waals surface area contributed by atoms with Crippen LogP contribution in [0.2, 0.25) is 0 Å². The molecule has 0 aromatic heterocycles. The summed E-state index contributed by atoms with van der Waals surface area (Å²) in [6.45, 7) is 1.60. The fourth-order valence-corrected chi connectivity index (χ4v) is 1.49. The summed E-state index contributed by atoms with van der Waals surface area (Å²) in [5.74, 6) is -0.759. The van der Waals surface area contributed by atoms with Crippen molar-refractivity contribution in [3.05, 3.63) is 35.9 Å². The highest BCUT2D eigenvalue weighted by molar-refractivity contribution is 5.97. The van der Waals surface area contributed by atoms with Gasteiger partial charge in [-0.15, -0.1) is 0 Å². The molecule has 0 unspecified atom stereocenters. The fraction of sp³-hybridized carbons (Fsp3) is 0.429. The number of carbonyl (C=O) groups excluding carboxylic acids is 2. The molecule has 4 heteroatoms. The summed E-state index contributed by atoms with van der Waals surface area (Å²) in [6.07, 6.45) is 0.854. The van der Waals surface area contributed by atoms with Crippen LogP contribution in [0.5, 0.6) is 0 Å². The first-order valence-electron chi connectivity index (χ1n) is 6.02. The van der Waals surface area contributed by atoms with Gasteiger partial charge in [0.1, 0.15) is 0 Å². The Morgan fingerprint density at radius 3 is 2.50 bits per heavy atom. The van der Waals surface area contributed by atoms with Gasteiger partial charge in [-0.1, -0.05) is 43.7 Å². The number of Topliss-reactive ketones (excluding diaryl/α,β-unsaturated/α-hetero) is 1. The van der Waals surface area contributed by atoms with E-state index in [0.717, 1.165) is 0 Å². The van der Waals surface area contributed by atoms with E-state index in [4.69, 9.17) is 9.84 Å². The Morgan fingerprint density at radius 1 is 1.28 bits per heavy atom. The lowest BCUT2D eigenvalue weighted by atomic mass is 10.0. The van der Waals surface area contributed by atoms with Crippen LogP contribution in [-0.2, 0) is 9.53 Å². The number of carbonyl (C=O) groups is 2. The Balaban J connectivity index is 2.37. The van der Waals surface area contributed by atoms with E-state index in [2.05, 4.69) is 0 Å². The zero-order valence-electron chi connectivity index (χ0n) is 10.5. The summed E-state index contributed by atoms with van der Waals surface area (Å²) in [7, 11) is 0. The maximum absolute atomic E-state index is 11.6. The molecule has 0 heterocycles. The number of benzene rings is 1. The highest BCUT2D eigenvalue weighted by atomic mass is 16.5. The van der Waals surface area contributed by atoms with Gasteiger partial charge in [0, 0.05) is 12.2 Å². The average Bonchev–Trinajstić information content (AvgIpc) is 2.43. The van der Waals surface area contributed by atoms with Gasteiger partial charge in [0.25, 0.3) is 0 Å². The molecule has 0 saturated heterocycles. The molecule has 1 atom stereocenters. The van der Waals surface area contributed by atoms with E-state index >= 15 is 0 Å². The molecule has 98 valence electrons. The Morgan fingerprint density at radius 2 is 1.94 bits per heavy atom. The number of ether oxygens (including phenoxy) is 1. The molecule has 1 N–H and O–H groups in total. The van der Waals surface area contributed by atoms with Crippen molar-refractivity contribution in [1.82, 2.24) is 0 Å². The molecule has 1 aromatic rings. The Kier molecular flexibility index (Phi) is 6.08. The first-order valence-corrected chi connectivity index (χ1v) is 6.02. The first-order chi connectivity index (χ1) is 8.67. The molecule has 0 radical (unpaired) electrons. The van der Waals surface area contributed by atoms with Crippen LogP contribution in [0.1, 0.15) is 30.1 Å². The zero-order valence-corrected chi connectivity index (χ0v) is 10.5. The van der Waals surface area contributed by atoms with Crippen LogP contribution in [0.15, 0.2) is 30.3 Å². The molecule has 0 saturated carbocycles. The van der Waals surface area contributed by atoms with Crippen molar-refractivity contribution in [1.29, 1.82) is 0 Å². The van der Waals surface area contributed by atoms with Crippen LogP contribution < -0.4 is 0 Å². The lowest BCUT2D eigenvalue weighted by Crippen LogP contribution is -2.18. The largest absolute Gasteiger partial charge is 0.457 e. The third-order valence-corrected chi connectivity index (χ3v) is 2.75. The smallest absolute Gasteiger partial charge is 0.306 e. The lowest BCUT2D eigenvalue weighted by Gasteiger charge is -2.10. The van der Waals surface area contributed by atoms with Gasteiger partial charge >= 0.3 is 5.97 Å². The summed E-state index contributed by atoms with van der Waals surface area (Å²) in [5, 5.41) is 8.96. The SMILES string of the molecule is CC[C@@H](CO)CC(=O)OCC(=O)c1ccccc1. The minimum absolute atomic E-state index is 0.0434. The third kappa shape index (κ3) is 4.67. The summed E-state index contributed by atoms with van der Waals surface area (Å²) < 4.78 is 4.89. The number of hydrogen-bond donors (Lipinski definition) is 1. The van der Waals surface area contributed by atoms with E-state index in [1.54, 1.807) is 24.3 Å².